The fraction of sp³-hybridized carbons (Fsp3) is 0. The first-order chi connectivity index (χ1) is 4.72. The highest BCUT2D eigenvalue weighted by atomic mass is 79.9. The van der Waals surface area contributed by atoms with Gasteiger partial charge in [-0.15, -0.1) is 0 Å². The monoisotopic (exact) mass is 215 g/mol. The molecule has 1 nitrogen and oxygen atoms in total. The van der Waals surface area contributed by atoms with Crippen molar-refractivity contribution in [1.82, 2.24) is 0 Å². The number of thiocarbonyl (C=S) groups is 1. The van der Waals surface area contributed by atoms with Gasteiger partial charge in [0.2, 0.25) is 0 Å². The van der Waals surface area contributed by atoms with Gasteiger partial charge in [-0.3, -0.25) is 0 Å². The van der Waals surface area contributed by atoms with Crippen molar-refractivity contribution in [3.8, 4) is 0 Å². The van der Waals surface area contributed by atoms with Crippen LogP contribution in [0.2, 0.25) is 0 Å². The second kappa shape index (κ2) is 3.12. The number of hydrogen-bond donors (Lipinski definition) is 1. The van der Waals surface area contributed by atoms with E-state index in [0.29, 0.717) is 4.99 Å². The molecule has 0 heterocycles. The van der Waals surface area contributed by atoms with Crippen molar-refractivity contribution >= 4 is 33.1 Å². The summed E-state index contributed by atoms with van der Waals surface area (Å²) in [5.74, 6) is 0. The second-order valence-electron chi connectivity index (χ2n) is 1.84. The van der Waals surface area contributed by atoms with E-state index < -0.39 is 0 Å². The molecule has 1 rings (SSSR count). The Morgan fingerprint density at radius 3 is 2.40 bits per heavy atom. The molecule has 3 heteroatoms. The number of rotatable bonds is 1. The highest BCUT2D eigenvalue weighted by Gasteiger charge is 1.98. The Kier molecular flexibility index (Phi) is 2.40. The van der Waals surface area contributed by atoms with Crippen molar-refractivity contribution in [1.29, 1.82) is 0 Å². The van der Waals surface area contributed by atoms with Crippen molar-refractivity contribution in [2.24, 2.45) is 5.73 Å². The van der Waals surface area contributed by atoms with Crippen LogP contribution in [0.5, 0.6) is 0 Å². The SMILES string of the molecule is NC(=S)c1ccccc1Br. The molecule has 0 radical (unpaired) electrons. The van der Waals surface area contributed by atoms with Crippen LogP contribution in [0.15, 0.2) is 28.7 Å². The summed E-state index contributed by atoms with van der Waals surface area (Å²) < 4.78 is 0.947. The van der Waals surface area contributed by atoms with E-state index in [9.17, 15) is 0 Å². The average Bonchev–Trinajstić information content (AvgIpc) is 1.88. The summed E-state index contributed by atoms with van der Waals surface area (Å²) in [6.45, 7) is 0. The largest absolute Gasteiger partial charge is 0.389 e. The lowest BCUT2D eigenvalue weighted by atomic mass is 10.2. The molecule has 1 aromatic carbocycles. The predicted octanol–water partition coefficient (Wildman–Crippen LogP) is 2.08. The van der Waals surface area contributed by atoms with E-state index >= 15 is 0 Å². The maximum absolute atomic E-state index is 5.42. The van der Waals surface area contributed by atoms with Crippen molar-refractivity contribution in [3.63, 3.8) is 0 Å². The summed E-state index contributed by atoms with van der Waals surface area (Å²) in [6, 6.07) is 7.62. The highest BCUT2D eigenvalue weighted by molar-refractivity contribution is 9.10. The zero-order valence-electron chi connectivity index (χ0n) is 5.17. The Balaban J connectivity index is 3.15. The third-order valence-electron chi connectivity index (χ3n) is 1.14. The molecule has 0 aliphatic carbocycles. The maximum atomic E-state index is 5.42. The summed E-state index contributed by atoms with van der Waals surface area (Å²) in [5, 5.41) is 0. The van der Waals surface area contributed by atoms with Gasteiger partial charge >= 0.3 is 0 Å². The smallest absolute Gasteiger partial charge is 0.105 e. The Labute approximate surface area is 73.4 Å². The molecule has 0 fully saturated rings. The molecular weight excluding hydrogens is 210 g/mol. The molecule has 0 atom stereocenters. The standard InChI is InChI=1S/C7H6BrNS/c8-6-4-2-1-3-5(6)7(9)10/h1-4H,(H2,9,10). The molecule has 0 saturated heterocycles. The molecule has 0 aliphatic heterocycles. The van der Waals surface area contributed by atoms with Gasteiger partial charge in [0.15, 0.2) is 0 Å². The van der Waals surface area contributed by atoms with Crippen LogP contribution >= 0.6 is 28.1 Å². The van der Waals surface area contributed by atoms with Gasteiger partial charge in [-0.2, -0.15) is 0 Å². The van der Waals surface area contributed by atoms with E-state index in [-0.39, 0.29) is 0 Å². The zero-order chi connectivity index (χ0) is 7.56. The summed E-state index contributed by atoms with van der Waals surface area (Å²) in [6.07, 6.45) is 0. The minimum Gasteiger partial charge on any atom is -0.389 e. The lowest BCUT2D eigenvalue weighted by Gasteiger charge is -1.98. The quantitative estimate of drug-likeness (QED) is 0.727. The molecule has 0 unspecified atom stereocenters. The summed E-state index contributed by atoms with van der Waals surface area (Å²) >= 11 is 8.13. The van der Waals surface area contributed by atoms with Crippen LogP contribution in [0, 0.1) is 0 Å². The Morgan fingerprint density at radius 2 is 2.00 bits per heavy atom. The molecule has 0 spiro atoms. The van der Waals surface area contributed by atoms with Crippen molar-refractivity contribution in [2.45, 2.75) is 0 Å². The summed E-state index contributed by atoms with van der Waals surface area (Å²) in [5.41, 5.74) is 6.30. The minimum absolute atomic E-state index is 0.424. The van der Waals surface area contributed by atoms with Crippen LogP contribution in [0.3, 0.4) is 0 Å². The zero-order valence-corrected chi connectivity index (χ0v) is 7.58. The fourth-order valence-electron chi connectivity index (χ4n) is 0.661. The molecule has 0 aliphatic rings. The van der Waals surface area contributed by atoms with Gasteiger partial charge in [0.1, 0.15) is 4.99 Å². The molecule has 1 aromatic rings. The summed E-state index contributed by atoms with van der Waals surface area (Å²) in [7, 11) is 0. The third-order valence-corrected chi connectivity index (χ3v) is 2.05. The molecular formula is C7H6BrNS. The van der Waals surface area contributed by atoms with Gasteiger partial charge < -0.3 is 5.73 Å². The van der Waals surface area contributed by atoms with Crippen molar-refractivity contribution in [2.75, 3.05) is 0 Å². The Morgan fingerprint density at radius 1 is 1.40 bits per heavy atom. The van der Waals surface area contributed by atoms with E-state index in [1.807, 2.05) is 24.3 Å². The van der Waals surface area contributed by atoms with Crippen molar-refractivity contribution in [3.05, 3.63) is 34.3 Å². The van der Waals surface area contributed by atoms with Gasteiger partial charge in [0.05, 0.1) is 0 Å². The van der Waals surface area contributed by atoms with Crippen molar-refractivity contribution < 1.29 is 0 Å². The van der Waals surface area contributed by atoms with Gasteiger partial charge in [0, 0.05) is 10.0 Å². The first-order valence-electron chi connectivity index (χ1n) is 2.76. The van der Waals surface area contributed by atoms with Gasteiger partial charge in [-0.05, 0) is 6.07 Å². The maximum Gasteiger partial charge on any atom is 0.105 e. The first-order valence-corrected chi connectivity index (χ1v) is 3.96. The molecule has 10 heavy (non-hydrogen) atoms. The van der Waals surface area contributed by atoms with Crippen LogP contribution in [-0.2, 0) is 0 Å². The Bertz CT molecular complexity index is 260. The van der Waals surface area contributed by atoms with Crippen LogP contribution in [0.4, 0.5) is 0 Å². The molecule has 0 aromatic heterocycles. The average molecular weight is 216 g/mol. The minimum atomic E-state index is 0.424. The van der Waals surface area contributed by atoms with E-state index in [4.69, 9.17) is 18.0 Å². The molecule has 52 valence electrons. The highest BCUT2D eigenvalue weighted by Crippen LogP contribution is 2.14. The van der Waals surface area contributed by atoms with Gasteiger partial charge in [-0.1, -0.05) is 46.3 Å². The molecule has 0 bridgehead atoms. The molecule has 0 saturated carbocycles. The van der Waals surface area contributed by atoms with E-state index in [1.54, 1.807) is 0 Å². The van der Waals surface area contributed by atoms with E-state index in [2.05, 4.69) is 15.9 Å². The molecule has 2 N–H and O–H groups in total. The third kappa shape index (κ3) is 1.55. The van der Waals surface area contributed by atoms with Crippen LogP contribution in [0.1, 0.15) is 5.56 Å². The number of halogens is 1. The molecule has 0 amide bonds. The number of hydrogen-bond acceptors (Lipinski definition) is 1. The number of nitrogens with two attached hydrogens (primary N) is 1. The predicted molar refractivity (Wildman–Crippen MR) is 50.0 cm³/mol. The topological polar surface area (TPSA) is 26.0 Å². The van der Waals surface area contributed by atoms with Crippen LogP contribution in [-0.4, -0.2) is 4.99 Å². The van der Waals surface area contributed by atoms with Gasteiger partial charge in [0.25, 0.3) is 0 Å². The summed E-state index contributed by atoms with van der Waals surface area (Å²) in [4.78, 5) is 0.424. The normalized spacial score (nSPS) is 9.30. The second-order valence-corrected chi connectivity index (χ2v) is 3.14. The Hall–Kier alpha value is -0.410. The van der Waals surface area contributed by atoms with Gasteiger partial charge in [-0.25, -0.2) is 0 Å². The lowest BCUT2D eigenvalue weighted by molar-refractivity contribution is 1.58. The van der Waals surface area contributed by atoms with Crippen LogP contribution in [0.25, 0.3) is 0 Å². The number of benzene rings is 1. The fourth-order valence-corrected chi connectivity index (χ4v) is 1.47. The van der Waals surface area contributed by atoms with E-state index in [1.165, 1.54) is 0 Å². The van der Waals surface area contributed by atoms with E-state index in [0.717, 1.165) is 10.0 Å². The first kappa shape index (κ1) is 7.69. The lowest BCUT2D eigenvalue weighted by Crippen LogP contribution is -2.09. The van der Waals surface area contributed by atoms with Crippen LogP contribution < -0.4 is 5.73 Å².